The minimum atomic E-state index is -3.69. The molecular weight excluding hydrogens is 280 g/mol. The molecule has 0 saturated carbocycles. The molecule has 0 fully saturated rings. The summed E-state index contributed by atoms with van der Waals surface area (Å²) in [5.74, 6) is -0.361. The number of hydrogen-bond donors (Lipinski definition) is 2. The molecule has 112 valence electrons. The fourth-order valence-corrected chi connectivity index (χ4v) is 2.55. The largest absolute Gasteiger partial charge is 0.355 e. The molecule has 0 radical (unpaired) electrons. The lowest BCUT2D eigenvalue weighted by Crippen LogP contribution is -2.39. The van der Waals surface area contributed by atoms with Crippen LogP contribution in [0.1, 0.15) is 13.3 Å². The number of sulfonamides is 1. The van der Waals surface area contributed by atoms with Gasteiger partial charge in [-0.15, -0.1) is 0 Å². The Morgan fingerprint density at radius 3 is 2.80 bits per heavy atom. The zero-order valence-electron chi connectivity index (χ0n) is 11.6. The number of likely N-dealkylation sites (N-methyl/N-ethyl adjacent to an activating group) is 1. The van der Waals surface area contributed by atoms with Crippen LogP contribution in [-0.4, -0.2) is 49.8 Å². The van der Waals surface area contributed by atoms with Gasteiger partial charge in [-0.25, -0.2) is 8.42 Å². The van der Waals surface area contributed by atoms with E-state index >= 15 is 0 Å². The van der Waals surface area contributed by atoms with Crippen LogP contribution < -0.4 is 11.1 Å². The van der Waals surface area contributed by atoms with Gasteiger partial charge in [0.15, 0.2) is 0 Å². The molecule has 1 amide bonds. The van der Waals surface area contributed by atoms with E-state index in [0.29, 0.717) is 13.0 Å². The summed E-state index contributed by atoms with van der Waals surface area (Å²) in [6.45, 7) is 2.03. The number of pyridine rings is 1. The van der Waals surface area contributed by atoms with Gasteiger partial charge in [0.1, 0.15) is 4.90 Å². The average molecular weight is 300 g/mol. The molecule has 0 saturated heterocycles. The lowest BCUT2D eigenvalue weighted by molar-refractivity contribution is -0.121. The third-order valence-corrected chi connectivity index (χ3v) is 4.42. The molecule has 1 atom stereocenters. The first-order valence-electron chi connectivity index (χ1n) is 6.22. The predicted molar refractivity (Wildman–Crippen MR) is 75.3 cm³/mol. The molecule has 1 aromatic heterocycles. The van der Waals surface area contributed by atoms with E-state index in [0.717, 1.165) is 4.31 Å². The van der Waals surface area contributed by atoms with Crippen molar-refractivity contribution >= 4 is 15.9 Å². The predicted octanol–water partition coefficient (Wildman–Crippen LogP) is -0.444. The molecule has 0 aliphatic carbocycles. The van der Waals surface area contributed by atoms with Crippen LogP contribution in [0.5, 0.6) is 0 Å². The summed E-state index contributed by atoms with van der Waals surface area (Å²) < 4.78 is 25.3. The van der Waals surface area contributed by atoms with Gasteiger partial charge in [-0.2, -0.15) is 4.31 Å². The maximum atomic E-state index is 12.1. The van der Waals surface area contributed by atoms with E-state index in [9.17, 15) is 13.2 Å². The van der Waals surface area contributed by atoms with Crippen molar-refractivity contribution in [1.82, 2.24) is 14.6 Å². The number of carbonyl (C=O) groups excluding carboxylic acids is 1. The maximum absolute atomic E-state index is 12.1. The van der Waals surface area contributed by atoms with Crippen LogP contribution in [-0.2, 0) is 14.8 Å². The van der Waals surface area contributed by atoms with Crippen molar-refractivity contribution in [3.63, 3.8) is 0 Å². The van der Waals surface area contributed by atoms with E-state index in [2.05, 4.69) is 10.3 Å². The van der Waals surface area contributed by atoms with Crippen LogP contribution in [0.2, 0.25) is 0 Å². The van der Waals surface area contributed by atoms with E-state index < -0.39 is 10.0 Å². The second-order valence-electron chi connectivity index (χ2n) is 4.57. The fourth-order valence-electron chi connectivity index (χ4n) is 1.46. The maximum Gasteiger partial charge on any atom is 0.244 e. The Balaban J connectivity index is 2.58. The highest BCUT2D eigenvalue weighted by atomic mass is 32.2. The van der Waals surface area contributed by atoms with Gasteiger partial charge in [-0.05, 0) is 25.5 Å². The molecule has 20 heavy (non-hydrogen) atoms. The number of carbonyl (C=O) groups is 1. The Morgan fingerprint density at radius 1 is 1.55 bits per heavy atom. The molecule has 0 aliphatic heterocycles. The Kier molecular flexibility index (Phi) is 6.05. The van der Waals surface area contributed by atoms with Gasteiger partial charge in [0.2, 0.25) is 15.9 Å². The fraction of sp³-hybridized carbons (Fsp3) is 0.500. The summed E-state index contributed by atoms with van der Waals surface area (Å²) >= 11 is 0. The average Bonchev–Trinajstić information content (AvgIpc) is 2.39. The van der Waals surface area contributed by atoms with Crippen LogP contribution >= 0.6 is 0 Å². The van der Waals surface area contributed by atoms with E-state index in [1.807, 2.05) is 6.92 Å². The van der Waals surface area contributed by atoms with Gasteiger partial charge >= 0.3 is 0 Å². The standard InChI is InChI=1S/C12H20N4O3S/c1-10(13)5-7-15-12(17)9-16(2)20(18,19)11-4-3-6-14-8-11/h3-4,6,8,10H,5,7,9,13H2,1-2H3,(H,15,17). The lowest BCUT2D eigenvalue weighted by atomic mass is 10.2. The quantitative estimate of drug-likeness (QED) is 0.710. The SMILES string of the molecule is CC(N)CCNC(=O)CN(C)S(=O)(=O)c1cccnc1. The molecule has 0 aromatic carbocycles. The number of amides is 1. The molecule has 7 nitrogen and oxygen atoms in total. The summed E-state index contributed by atoms with van der Waals surface area (Å²) in [6.07, 6.45) is 3.38. The molecule has 1 heterocycles. The van der Waals surface area contributed by atoms with Crippen molar-refractivity contribution < 1.29 is 13.2 Å². The molecule has 1 rings (SSSR count). The lowest BCUT2D eigenvalue weighted by Gasteiger charge is -2.16. The van der Waals surface area contributed by atoms with Gasteiger partial charge in [0.25, 0.3) is 0 Å². The van der Waals surface area contributed by atoms with Crippen LogP contribution in [0, 0.1) is 0 Å². The first-order valence-corrected chi connectivity index (χ1v) is 7.66. The number of nitrogens with zero attached hydrogens (tertiary/aromatic N) is 2. The zero-order chi connectivity index (χ0) is 15.2. The van der Waals surface area contributed by atoms with E-state index in [1.165, 1.54) is 31.6 Å². The van der Waals surface area contributed by atoms with Gasteiger partial charge in [0.05, 0.1) is 6.54 Å². The first-order chi connectivity index (χ1) is 9.34. The van der Waals surface area contributed by atoms with Crippen LogP contribution in [0.25, 0.3) is 0 Å². The highest BCUT2D eigenvalue weighted by Gasteiger charge is 2.22. The molecule has 1 unspecified atom stereocenters. The topological polar surface area (TPSA) is 105 Å². The van der Waals surface area contributed by atoms with Crippen molar-refractivity contribution in [3.8, 4) is 0 Å². The summed E-state index contributed by atoms with van der Waals surface area (Å²) in [5, 5.41) is 2.63. The van der Waals surface area contributed by atoms with Crippen LogP contribution in [0.3, 0.4) is 0 Å². The number of nitrogens with one attached hydrogen (secondary N) is 1. The van der Waals surface area contributed by atoms with Crippen molar-refractivity contribution in [3.05, 3.63) is 24.5 Å². The third kappa shape index (κ3) is 4.87. The minimum Gasteiger partial charge on any atom is -0.355 e. The van der Waals surface area contributed by atoms with Crippen molar-refractivity contribution in [2.75, 3.05) is 20.1 Å². The van der Waals surface area contributed by atoms with Crippen LogP contribution in [0.15, 0.2) is 29.4 Å². The van der Waals surface area contributed by atoms with Gasteiger partial charge in [-0.3, -0.25) is 9.78 Å². The molecule has 1 aromatic rings. The first kappa shape index (κ1) is 16.5. The van der Waals surface area contributed by atoms with Gasteiger partial charge in [0, 0.05) is 32.0 Å². The van der Waals surface area contributed by atoms with Crippen molar-refractivity contribution in [2.24, 2.45) is 5.73 Å². The van der Waals surface area contributed by atoms with Crippen LogP contribution in [0.4, 0.5) is 0 Å². The number of hydrogen-bond acceptors (Lipinski definition) is 5. The smallest absolute Gasteiger partial charge is 0.244 e. The Hall–Kier alpha value is -1.51. The Labute approximate surface area is 119 Å². The second-order valence-corrected chi connectivity index (χ2v) is 6.61. The van der Waals surface area contributed by atoms with E-state index in [4.69, 9.17) is 5.73 Å². The third-order valence-electron chi connectivity index (χ3n) is 2.63. The van der Waals surface area contributed by atoms with E-state index in [1.54, 1.807) is 0 Å². The highest BCUT2D eigenvalue weighted by Crippen LogP contribution is 2.11. The highest BCUT2D eigenvalue weighted by molar-refractivity contribution is 7.89. The Bertz CT molecular complexity index is 531. The normalized spacial score (nSPS) is 13.2. The molecule has 0 aliphatic rings. The zero-order valence-corrected chi connectivity index (χ0v) is 12.4. The number of nitrogens with two attached hydrogens (primary N) is 1. The molecule has 3 N–H and O–H groups in total. The van der Waals surface area contributed by atoms with Gasteiger partial charge < -0.3 is 11.1 Å². The second kappa shape index (κ2) is 7.32. The minimum absolute atomic E-state index is 0.00726. The van der Waals surface area contributed by atoms with Crippen molar-refractivity contribution in [1.29, 1.82) is 0 Å². The number of aromatic nitrogens is 1. The molecular formula is C12H20N4O3S. The number of rotatable bonds is 7. The Morgan fingerprint density at radius 2 is 2.25 bits per heavy atom. The summed E-state index contributed by atoms with van der Waals surface area (Å²) in [7, 11) is -2.34. The van der Waals surface area contributed by atoms with E-state index in [-0.39, 0.29) is 23.4 Å². The summed E-state index contributed by atoms with van der Waals surface area (Å²) in [6, 6.07) is 2.96. The molecule has 8 heteroatoms. The molecule has 0 bridgehead atoms. The monoisotopic (exact) mass is 300 g/mol. The van der Waals surface area contributed by atoms with Gasteiger partial charge in [-0.1, -0.05) is 0 Å². The summed E-state index contributed by atoms with van der Waals surface area (Å²) in [4.78, 5) is 15.5. The molecule has 0 spiro atoms. The summed E-state index contributed by atoms with van der Waals surface area (Å²) in [5.41, 5.74) is 5.56. The van der Waals surface area contributed by atoms with Crippen molar-refractivity contribution in [2.45, 2.75) is 24.3 Å².